The highest BCUT2D eigenvalue weighted by atomic mass is 16.6. The minimum absolute atomic E-state index is 0.00894. The first-order valence-electron chi connectivity index (χ1n) is 19.3. The van der Waals surface area contributed by atoms with Gasteiger partial charge in [0.2, 0.25) is 5.91 Å². The highest BCUT2D eigenvalue weighted by molar-refractivity contribution is 6.06. The van der Waals surface area contributed by atoms with Gasteiger partial charge < -0.3 is 39.4 Å². The number of aromatic nitrogens is 4. The molecular formula is C42H51N9O6. The van der Waals surface area contributed by atoms with Gasteiger partial charge in [-0.1, -0.05) is 20.4 Å². The van der Waals surface area contributed by atoms with Gasteiger partial charge in [0.1, 0.15) is 17.1 Å². The van der Waals surface area contributed by atoms with E-state index in [-0.39, 0.29) is 29.3 Å². The number of rotatable bonds is 8. The van der Waals surface area contributed by atoms with Crippen molar-refractivity contribution in [1.82, 2.24) is 24.0 Å². The van der Waals surface area contributed by atoms with Crippen LogP contribution in [-0.4, -0.2) is 84.8 Å². The number of nitrogens with one attached hydrogen (secondary N) is 2. The third-order valence-corrected chi connectivity index (χ3v) is 10.7. The molecule has 15 nitrogen and oxygen atoms in total. The molecule has 0 radical (unpaired) electrons. The number of carbonyl (C=O) groups excluding carboxylic acids is 3. The molecule has 7 rings (SSSR count). The number of piperazine rings is 1. The fourth-order valence-corrected chi connectivity index (χ4v) is 8.13. The Morgan fingerprint density at radius 2 is 1.86 bits per heavy atom. The van der Waals surface area contributed by atoms with Crippen LogP contribution in [0.2, 0.25) is 0 Å². The molecule has 0 saturated carbocycles. The lowest BCUT2D eigenvalue weighted by Crippen LogP contribution is -2.54. The largest absolute Gasteiger partial charge is 0.444 e. The minimum Gasteiger partial charge on any atom is -0.444 e. The van der Waals surface area contributed by atoms with Crippen molar-refractivity contribution in [1.29, 1.82) is 0 Å². The lowest BCUT2D eigenvalue weighted by atomic mass is 9.90. The van der Waals surface area contributed by atoms with Crippen LogP contribution in [0.5, 0.6) is 0 Å². The molecule has 3 amide bonds. The van der Waals surface area contributed by atoms with Crippen molar-refractivity contribution in [3.8, 4) is 11.3 Å². The van der Waals surface area contributed by atoms with E-state index in [9.17, 15) is 24.3 Å². The van der Waals surface area contributed by atoms with Gasteiger partial charge in [-0.25, -0.2) is 14.8 Å². The number of aliphatic hydroxyl groups excluding tert-OH is 1. The van der Waals surface area contributed by atoms with Crippen LogP contribution in [-0.2, 0) is 42.6 Å². The zero-order chi connectivity index (χ0) is 41.0. The first kappa shape index (κ1) is 39.3. The van der Waals surface area contributed by atoms with Gasteiger partial charge in [-0.3, -0.25) is 19.3 Å². The van der Waals surface area contributed by atoms with Gasteiger partial charge in [0, 0.05) is 80.7 Å². The average molecular weight is 778 g/mol. The predicted molar refractivity (Wildman–Crippen MR) is 219 cm³/mol. The van der Waals surface area contributed by atoms with Gasteiger partial charge in [0.25, 0.3) is 11.5 Å². The summed E-state index contributed by atoms with van der Waals surface area (Å²) in [5.41, 5.74) is 5.20. The lowest BCUT2D eigenvalue weighted by molar-refractivity contribution is -0.111. The number of nitrogens with zero attached hydrogens (tertiary/aromatic N) is 7. The van der Waals surface area contributed by atoms with Crippen LogP contribution < -0.4 is 26.0 Å². The number of anilines is 5. The summed E-state index contributed by atoms with van der Waals surface area (Å²) >= 11 is 0. The highest BCUT2D eigenvalue weighted by Crippen LogP contribution is 2.40. The van der Waals surface area contributed by atoms with Gasteiger partial charge in [-0.05, 0) is 87.9 Å². The second kappa shape index (κ2) is 14.8. The second-order valence-electron chi connectivity index (χ2n) is 16.9. The molecule has 1 aliphatic carbocycles. The number of amides is 3. The zero-order valence-corrected chi connectivity index (χ0v) is 33.7. The Morgan fingerprint density at radius 3 is 2.56 bits per heavy atom. The average Bonchev–Trinajstić information content (AvgIpc) is 3.64. The molecule has 1 aromatic carbocycles. The quantitative estimate of drug-likeness (QED) is 0.202. The van der Waals surface area contributed by atoms with Crippen molar-refractivity contribution >= 4 is 46.6 Å². The molecule has 4 aromatic rings. The Hall–Kier alpha value is -5.96. The highest BCUT2D eigenvalue weighted by Gasteiger charge is 2.38. The fourth-order valence-electron chi connectivity index (χ4n) is 8.13. The lowest BCUT2D eigenvalue weighted by Gasteiger charge is -2.42. The molecule has 5 heterocycles. The van der Waals surface area contributed by atoms with Gasteiger partial charge in [0.15, 0.2) is 5.82 Å². The van der Waals surface area contributed by atoms with E-state index >= 15 is 0 Å². The molecule has 1 atom stereocenters. The van der Waals surface area contributed by atoms with Gasteiger partial charge in [-0.15, -0.1) is 0 Å². The summed E-state index contributed by atoms with van der Waals surface area (Å²) in [7, 11) is 1.61. The van der Waals surface area contributed by atoms with E-state index < -0.39 is 23.7 Å². The van der Waals surface area contributed by atoms with E-state index in [4.69, 9.17) is 9.72 Å². The zero-order valence-electron chi connectivity index (χ0n) is 33.7. The number of pyridine rings is 1. The van der Waals surface area contributed by atoms with E-state index in [0.717, 1.165) is 18.5 Å². The molecule has 0 spiro atoms. The first-order chi connectivity index (χ1) is 27.0. The van der Waals surface area contributed by atoms with Gasteiger partial charge in [0.05, 0.1) is 23.7 Å². The molecular weight excluding hydrogens is 727 g/mol. The van der Waals surface area contributed by atoms with Crippen molar-refractivity contribution < 1.29 is 24.2 Å². The Labute approximate surface area is 332 Å². The molecule has 1 saturated heterocycles. The van der Waals surface area contributed by atoms with Crippen LogP contribution in [0.3, 0.4) is 0 Å². The summed E-state index contributed by atoms with van der Waals surface area (Å²) in [5.74, 6) is -0.235. The summed E-state index contributed by atoms with van der Waals surface area (Å²) in [6.45, 7) is 17.5. The van der Waals surface area contributed by atoms with Crippen molar-refractivity contribution in [3.05, 3.63) is 88.2 Å². The van der Waals surface area contributed by atoms with Crippen LogP contribution >= 0.6 is 0 Å². The smallest absolute Gasteiger partial charge is 0.410 e. The van der Waals surface area contributed by atoms with Crippen LogP contribution in [0.25, 0.3) is 11.3 Å². The van der Waals surface area contributed by atoms with Crippen molar-refractivity contribution in [3.63, 3.8) is 0 Å². The monoisotopic (exact) mass is 777 g/mol. The molecule has 15 heteroatoms. The third kappa shape index (κ3) is 7.75. The van der Waals surface area contributed by atoms with Crippen LogP contribution in [0.15, 0.2) is 60.2 Å². The molecule has 300 valence electrons. The molecule has 3 N–H and O–H groups in total. The van der Waals surface area contributed by atoms with E-state index in [0.29, 0.717) is 72.4 Å². The maximum absolute atomic E-state index is 14.0. The van der Waals surface area contributed by atoms with E-state index in [2.05, 4.69) is 45.5 Å². The number of hydrogen-bond acceptors (Lipinski definition) is 10. The number of hydrogen-bond donors (Lipinski definition) is 3. The maximum atomic E-state index is 14.0. The van der Waals surface area contributed by atoms with Gasteiger partial charge >= 0.3 is 6.09 Å². The maximum Gasteiger partial charge on any atom is 0.410 e. The fraction of sp³-hybridized carbons (Fsp3) is 0.429. The van der Waals surface area contributed by atoms with Crippen LogP contribution in [0, 0.1) is 5.41 Å². The van der Waals surface area contributed by atoms with Crippen LogP contribution in [0.1, 0.15) is 68.9 Å². The molecule has 3 aromatic heterocycles. The van der Waals surface area contributed by atoms with Crippen molar-refractivity contribution in [2.75, 3.05) is 46.6 Å². The Bertz CT molecular complexity index is 2340. The standard InChI is InChI=1S/C42H51N9O6/c1-9-35(53)45-30-19-27(10-11-32(30)49-15-14-48(22-25(49)2)40(56)57-41(3,4)5)44-36-39(55)47(8)23-31(46-36)28-12-13-43-37(29(28)24-52)51-17-16-50-33(38(51)54)18-26-20-42(6,7)21-34(26)50/h9-13,18-19,23,25,52H,1,14-17,20-22,24H2,2-8H3,(H,44,46)(H,45,53)/t25-/m0/s1. The summed E-state index contributed by atoms with van der Waals surface area (Å²) in [6.07, 6.45) is 5.80. The summed E-state index contributed by atoms with van der Waals surface area (Å²) in [5, 5.41) is 16.8. The number of ether oxygens (including phenoxy) is 1. The molecule has 1 fully saturated rings. The minimum atomic E-state index is -0.611. The van der Waals surface area contributed by atoms with Crippen molar-refractivity contribution in [2.24, 2.45) is 12.5 Å². The Balaban J connectivity index is 1.16. The summed E-state index contributed by atoms with van der Waals surface area (Å²) < 4.78 is 9.12. The number of benzene rings is 1. The first-order valence-corrected chi connectivity index (χ1v) is 19.3. The second-order valence-corrected chi connectivity index (χ2v) is 16.9. The normalized spacial score (nSPS) is 17.6. The predicted octanol–water partition coefficient (Wildman–Crippen LogP) is 5.24. The van der Waals surface area contributed by atoms with Gasteiger partial charge in [-0.2, -0.15) is 0 Å². The van der Waals surface area contributed by atoms with E-state index in [1.807, 2.05) is 39.8 Å². The van der Waals surface area contributed by atoms with Crippen LogP contribution in [0.4, 0.5) is 33.5 Å². The topological polar surface area (TPSA) is 167 Å². The molecule has 2 aliphatic heterocycles. The molecule has 3 aliphatic rings. The molecule has 0 unspecified atom stereocenters. The number of aliphatic hydroxyl groups is 1. The van der Waals surface area contributed by atoms with Crippen molar-refractivity contribution in [2.45, 2.75) is 79.2 Å². The van der Waals surface area contributed by atoms with E-state index in [1.54, 1.807) is 47.4 Å². The third-order valence-electron chi connectivity index (χ3n) is 10.7. The summed E-state index contributed by atoms with van der Waals surface area (Å²) in [6, 6.07) is 8.95. The Kier molecular flexibility index (Phi) is 10.2. The molecule has 57 heavy (non-hydrogen) atoms. The molecule has 0 bridgehead atoms. The van der Waals surface area contributed by atoms with E-state index in [1.165, 1.54) is 21.9 Å². The Morgan fingerprint density at radius 1 is 1.09 bits per heavy atom. The SMILES string of the molecule is C=CC(=O)Nc1cc(Nc2nc(-c3ccnc(N4CCn5c(cc6c5CC(C)(C)C6)C4=O)c3CO)cn(C)c2=O)ccc1N1CCN(C(=O)OC(C)(C)C)C[C@@H]1C. The summed E-state index contributed by atoms with van der Waals surface area (Å²) in [4.78, 5) is 67.6. The number of aryl methyl sites for hydroxylation is 1. The number of fused-ring (bicyclic) bond motifs is 3. The number of carbonyl (C=O) groups is 3.